The second-order valence-corrected chi connectivity index (χ2v) is 3.40. The van der Waals surface area contributed by atoms with Crippen molar-refractivity contribution in [3.8, 4) is 0 Å². The van der Waals surface area contributed by atoms with Crippen LogP contribution in [0.2, 0.25) is 5.02 Å². The molecule has 0 aliphatic carbocycles. The average molecular weight is 243 g/mol. The van der Waals surface area contributed by atoms with Crippen LogP contribution in [0.1, 0.15) is 10.4 Å². The number of hydrogen-bond acceptors (Lipinski definition) is 4. The van der Waals surface area contributed by atoms with E-state index in [2.05, 4.69) is 5.32 Å². The summed E-state index contributed by atoms with van der Waals surface area (Å²) in [6, 6.07) is 4.42. The second kappa shape index (κ2) is 5.37. The third kappa shape index (κ3) is 3.13. The molecule has 0 saturated heterocycles. The number of nitrogens with one attached hydrogen (secondary N) is 1. The lowest BCUT2D eigenvalue weighted by atomic mass is 10.2. The molecule has 5 nitrogen and oxygen atoms in total. The number of hydrogen-bond donors (Lipinski definition) is 2. The number of nitrogens with two attached hydrogens (primary N) is 1. The van der Waals surface area contributed by atoms with Gasteiger partial charge in [0.1, 0.15) is 0 Å². The van der Waals surface area contributed by atoms with Crippen molar-refractivity contribution in [2.45, 2.75) is 0 Å². The van der Waals surface area contributed by atoms with Crippen LogP contribution >= 0.6 is 11.6 Å². The molecule has 6 heteroatoms. The first-order valence-corrected chi connectivity index (χ1v) is 4.85. The zero-order chi connectivity index (χ0) is 12.1. The van der Waals surface area contributed by atoms with Gasteiger partial charge in [-0.1, -0.05) is 11.6 Å². The van der Waals surface area contributed by atoms with Gasteiger partial charge in [0.15, 0.2) is 6.61 Å². The van der Waals surface area contributed by atoms with Crippen molar-refractivity contribution in [3.63, 3.8) is 0 Å². The number of nitrogen functional groups attached to an aromatic ring is 1. The predicted molar refractivity (Wildman–Crippen MR) is 60.2 cm³/mol. The molecule has 0 heterocycles. The molecular weight excluding hydrogens is 232 g/mol. The van der Waals surface area contributed by atoms with E-state index in [1.165, 1.54) is 25.2 Å². The van der Waals surface area contributed by atoms with Gasteiger partial charge in [0, 0.05) is 12.7 Å². The van der Waals surface area contributed by atoms with Gasteiger partial charge in [0.2, 0.25) is 0 Å². The number of anilines is 1. The highest BCUT2D eigenvalue weighted by atomic mass is 35.5. The van der Waals surface area contributed by atoms with Gasteiger partial charge < -0.3 is 15.8 Å². The summed E-state index contributed by atoms with van der Waals surface area (Å²) in [7, 11) is 1.45. The molecule has 1 rings (SSSR count). The van der Waals surface area contributed by atoms with Crippen molar-refractivity contribution in [3.05, 3.63) is 28.8 Å². The summed E-state index contributed by atoms with van der Waals surface area (Å²) >= 11 is 5.79. The molecule has 1 aromatic rings. The lowest BCUT2D eigenvalue weighted by molar-refractivity contribution is -0.123. The topological polar surface area (TPSA) is 81.4 Å². The number of rotatable bonds is 3. The van der Waals surface area contributed by atoms with Crippen molar-refractivity contribution in [1.82, 2.24) is 5.32 Å². The fourth-order valence-electron chi connectivity index (χ4n) is 0.978. The Labute approximate surface area is 97.5 Å². The Balaban J connectivity index is 2.70. The molecule has 16 heavy (non-hydrogen) atoms. The van der Waals surface area contributed by atoms with Gasteiger partial charge in [-0.3, -0.25) is 4.79 Å². The van der Waals surface area contributed by atoms with E-state index in [4.69, 9.17) is 22.1 Å². The third-order valence-corrected chi connectivity index (χ3v) is 2.14. The molecule has 0 atom stereocenters. The molecule has 0 aromatic heterocycles. The first-order valence-electron chi connectivity index (χ1n) is 4.47. The second-order valence-electron chi connectivity index (χ2n) is 2.99. The van der Waals surface area contributed by atoms with E-state index in [9.17, 15) is 9.59 Å². The molecule has 0 spiro atoms. The minimum atomic E-state index is -0.659. The van der Waals surface area contributed by atoms with E-state index in [0.29, 0.717) is 5.69 Å². The van der Waals surface area contributed by atoms with Crippen LogP contribution in [0.15, 0.2) is 18.2 Å². The minimum Gasteiger partial charge on any atom is -0.452 e. The third-order valence-electron chi connectivity index (χ3n) is 1.83. The van der Waals surface area contributed by atoms with Gasteiger partial charge in [-0.25, -0.2) is 4.79 Å². The normalized spacial score (nSPS) is 9.62. The maximum Gasteiger partial charge on any atom is 0.340 e. The number of benzene rings is 1. The van der Waals surface area contributed by atoms with Crippen LogP contribution < -0.4 is 11.1 Å². The predicted octanol–water partition coefficient (Wildman–Crippen LogP) is 0.825. The Hall–Kier alpha value is -1.75. The largest absolute Gasteiger partial charge is 0.452 e. The molecule has 3 N–H and O–H groups in total. The Morgan fingerprint density at radius 1 is 1.50 bits per heavy atom. The van der Waals surface area contributed by atoms with Gasteiger partial charge in [-0.15, -0.1) is 0 Å². The van der Waals surface area contributed by atoms with Crippen LogP contribution in [0.3, 0.4) is 0 Å². The molecule has 0 radical (unpaired) electrons. The fraction of sp³-hybridized carbons (Fsp3) is 0.200. The van der Waals surface area contributed by atoms with E-state index in [0.717, 1.165) is 0 Å². The lowest BCUT2D eigenvalue weighted by Crippen LogP contribution is -2.25. The Morgan fingerprint density at radius 3 is 2.75 bits per heavy atom. The Bertz CT molecular complexity index is 421. The SMILES string of the molecule is CNC(=O)COC(=O)c1ccc(N)cc1Cl. The van der Waals surface area contributed by atoms with Crippen molar-refractivity contribution in [2.24, 2.45) is 0 Å². The molecule has 1 amide bonds. The average Bonchev–Trinajstić information content (AvgIpc) is 2.25. The molecule has 0 fully saturated rings. The molecular formula is C10H11ClN2O3. The number of esters is 1. The summed E-state index contributed by atoms with van der Waals surface area (Å²) < 4.78 is 4.73. The van der Waals surface area contributed by atoms with Crippen molar-refractivity contribution in [1.29, 1.82) is 0 Å². The first kappa shape index (κ1) is 12.3. The van der Waals surface area contributed by atoms with E-state index in [-0.39, 0.29) is 23.1 Å². The van der Waals surface area contributed by atoms with Crippen molar-refractivity contribution >= 4 is 29.2 Å². The highest BCUT2D eigenvalue weighted by molar-refractivity contribution is 6.33. The summed E-state index contributed by atoms with van der Waals surface area (Å²) in [6.07, 6.45) is 0. The summed E-state index contributed by atoms with van der Waals surface area (Å²) in [5.74, 6) is -1.05. The van der Waals surface area contributed by atoms with E-state index in [1.807, 2.05) is 0 Å². The van der Waals surface area contributed by atoms with E-state index >= 15 is 0 Å². The summed E-state index contributed by atoms with van der Waals surface area (Å²) in [6.45, 7) is -0.337. The molecule has 0 unspecified atom stereocenters. The number of halogens is 1. The van der Waals surface area contributed by atoms with Crippen LogP contribution in [0.4, 0.5) is 5.69 Å². The van der Waals surface area contributed by atoms with Crippen LogP contribution in [0.25, 0.3) is 0 Å². The summed E-state index contributed by atoms with van der Waals surface area (Å²) in [5, 5.41) is 2.52. The minimum absolute atomic E-state index is 0.180. The zero-order valence-corrected chi connectivity index (χ0v) is 9.38. The number of likely N-dealkylation sites (N-methyl/N-ethyl adjacent to an activating group) is 1. The quantitative estimate of drug-likeness (QED) is 0.608. The zero-order valence-electron chi connectivity index (χ0n) is 8.62. The van der Waals surface area contributed by atoms with Crippen molar-refractivity contribution < 1.29 is 14.3 Å². The summed E-state index contributed by atoms with van der Waals surface area (Å²) in [4.78, 5) is 22.3. The molecule has 0 aliphatic rings. The van der Waals surface area contributed by atoms with Gasteiger partial charge >= 0.3 is 5.97 Å². The van der Waals surface area contributed by atoms with Crippen LogP contribution in [-0.2, 0) is 9.53 Å². The van der Waals surface area contributed by atoms with E-state index < -0.39 is 5.97 Å². The van der Waals surface area contributed by atoms with Crippen LogP contribution in [0, 0.1) is 0 Å². The number of ether oxygens (including phenoxy) is 1. The Morgan fingerprint density at radius 2 is 2.19 bits per heavy atom. The monoisotopic (exact) mass is 242 g/mol. The standard InChI is InChI=1S/C10H11ClN2O3/c1-13-9(14)5-16-10(15)7-3-2-6(12)4-8(7)11/h2-4H,5,12H2,1H3,(H,13,14). The van der Waals surface area contributed by atoms with Crippen LogP contribution in [0.5, 0.6) is 0 Å². The number of amides is 1. The molecule has 0 aliphatic heterocycles. The smallest absolute Gasteiger partial charge is 0.340 e. The maximum atomic E-state index is 11.5. The van der Waals surface area contributed by atoms with Crippen molar-refractivity contribution in [2.75, 3.05) is 19.4 Å². The fourth-order valence-corrected chi connectivity index (χ4v) is 1.24. The Kier molecular flexibility index (Phi) is 4.13. The summed E-state index contributed by atoms with van der Waals surface area (Å²) in [5.41, 5.74) is 6.10. The van der Waals surface area contributed by atoms with Crippen LogP contribution in [-0.4, -0.2) is 25.5 Å². The van der Waals surface area contributed by atoms with Gasteiger partial charge in [0.25, 0.3) is 5.91 Å². The molecule has 86 valence electrons. The van der Waals surface area contributed by atoms with Gasteiger partial charge in [0.05, 0.1) is 10.6 Å². The highest BCUT2D eigenvalue weighted by Crippen LogP contribution is 2.19. The maximum absolute atomic E-state index is 11.5. The lowest BCUT2D eigenvalue weighted by Gasteiger charge is -2.05. The number of carbonyl (C=O) groups excluding carboxylic acids is 2. The first-order chi connectivity index (χ1) is 7.54. The molecule has 0 bridgehead atoms. The molecule has 0 saturated carbocycles. The number of carbonyl (C=O) groups is 2. The molecule has 1 aromatic carbocycles. The van der Waals surface area contributed by atoms with Gasteiger partial charge in [-0.05, 0) is 18.2 Å². The highest BCUT2D eigenvalue weighted by Gasteiger charge is 2.13. The van der Waals surface area contributed by atoms with Gasteiger partial charge in [-0.2, -0.15) is 0 Å². The van der Waals surface area contributed by atoms with E-state index in [1.54, 1.807) is 0 Å².